The molecule has 0 aliphatic carbocycles. The fourth-order valence-electron chi connectivity index (χ4n) is 1.77. The number of nitrogen functional groups attached to an aromatic ring is 2. The number of benzene rings is 1. The monoisotopic (exact) mass is 286 g/mol. The van der Waals surface area contributed by atoms with E-state index >= 15 is 0 Å². The number of alkyl halides is 3. The van der Waals surface area contributed by atoms with Gasteiger partial charge in [0.25, 0.3) is 0 Å². The Morgan fingerprint density at radius 1 is 1.25 bits per heavy atom. The molecule has 1 aromatic carbocycles. The first-order valence-corrected chi connectivity index (χ1v) is 5.80. The zero-order valence-corrected chi connectivity index (χ0v) is 10.6. The van der Waals surface area contributed by atoms with Crippen molar-refractivity contribution in [3.63, 3.8) is 0 Å². The minimum Gasteiger partial charge on any atom is -0.406 e. The summed E-state index contributed by atoms with van der Waals surface area (Å²) in [5.41, 5.74) is 6.81. The Morgan fingerprint density at radius 2 is 1.85 bits per heavy atom. The van der Waals surface area contributed by atoms with E-state index in [9.17, 15) is 13.2 Å². The maximum atomic E-state index is 12.1. The second kappa shape index (κ2) is 4.95. The number of ether oxygens (including phenoxy) is 1. The zero-order chi connectivity index (χ0) is 14.9. The zero-order valence-electron chi connectivity index (χ0n) is 10.6. The Kier molecular flexibility index (Phi) is 3.47. The Balaban J connectivity index is 2.31. The minimum atomic E-state index is -4.71. The number of anilines is 1. The van der Waals surface area contributed by atoms with Crippen LogP contribution in [-0.4, -0.2) is 16.0 Å². The molecule has 0 saturated carbocycles. The molecule has 108 valence electrons. The number of halogens is 3. The molecule has 4 N–H and O–H groups in total. The van der Waals surface area contributed by atoms with Crippen molar-refractivity contribution in [2.45, 2.75) is 19.7 Å². The SMILES string of the molecule is CCc1nc(-c2ccc(OC(F)(F)F)cc2)c(N)n1N. The molecule has 0 aliphatic heterocycles. The standard InChI is InChI=1S/C12H13F3N4O/c1-2-9-18-10(11(16)19(9)17)7-3-5-8(6-4-7)20-12(13,14)15/h3-6H,2,16-17H2,1H3. The highest BCUT2D eigenvalue weighted by atomic mass is 19.4. The Morgan fingerprint density at radius 3 is 2.30 bits per heavy atom. The van der Waals surface area contributed by atoms with Crippen molar-refractivity contribution in [2.24, 2.45) is 0 Å². The maximum absolute atomic E-state index is 12.1. The summed E-state index contributed by atoms with van der Waals surface area (Å²) in [6, 6.07) is 5.28. The second-order valence-corrected chi connectivity index (χ2v) is 4.06. The number of aryl methyl sites for hydroxylation is 1. The van der Waals surface area contributed by atoms with Gasteiger partial charge < -0.3 is 16.3 Å². The first-order chi connectivity index (χ1) is 9.31. The highest BCUT2D eigenvalue weighted by Gasteiger charge is 2.31. The third kappa shape index (κ3) is 2.79. The molecule has 1 heterocycles. The third-order valence-electron chi connectivity index (χ3n) is 2.70. The maximum Gasteiger partial charge on any atom is 0.573 e. The third-order valence-corrected chi connectivity index (χ3v) is 2.70. The molecule has 0 amide bonds. The number of nitrogens with zero attached hydrogens (tertiary/aromatic N) is 2. The van der Waals surface area contributed by atoms with E-state index in [1.165, 1.54) is 28.9 Å². The Labute approximate surface area is 112 Å². The average molecular weight is 286 g/mol. The number of aromatic nitrogens is 2. The van der Waals surface area contributed by atoms with Crippen molar-refractivity contribution in [1.29, 1.82) is 0 Å². The fourth-order valence-corrected chi connectivity index (χ4v) is 1.77. The molecule has 0 aliphatic rings. The molecule has 5 nitrogen and oxygen atoms in total. The molecule has 0 bridgehead atoms. The molecule has 0 saturated heterocycles. The molecule has 0 spiro atoms. The lowest BCUT2D eigenvalue weighted by atomic mass is 10.1. The van der Waals surface area contributed by atoms with Crippen LogP contribution in [0.3, 0.4) is 0 Å². The summed E-state index contributed by atoms with van der Waals surface area (Å²) in [5.74, 6) is 6.26. The van der Waals surface area contributed by atoms with Gasteiger partial charge in [0.2, 0.25) is 0 Å². The van der Waals surface area contributed by atoms with E-state index in [-0.39, 0.29) is 11.6 Å². The molecule has 2 rings (SSSR count). The van der Waals surface area contributed by atoms with Gasteiger partial charge >= 0.3 is 6.36 Å². The number of imidazole rings is 1. The van der Waals surface area contributed by atoms with E-state index in [4.69, 9.17) is 11.6 Å². The van der Waals surface area contributed by atoms with Gasteiger partial charge in [-0.2, -0.15) is 0 Å². The van der Waals surface area contributed by atoms with Gasteiger partial charge in [-0.15, -0.1) is 13.2 Å². The fraction of sp³-hybridized carbons (Fsp3) is 0.250. The lowest BCUT2D eigenvalue weighted by molar-refractivity contribution is -0.274. The lowest BCUT2D eigenvalue weighted by Gasteiger charge is -2.08. The van der Waals surface area contributed by atoms with Crippen LogP contribution in [0.25, 0.3) is 11.3 Å². The summed E-state index contributed by atoms with van der Waals surface area (Å²) in [4.78, 5) is 4.25. The van der Waals surface area contributed by atoms with Crippen LogP contribution >= 0.6 is 0 Å². The van der Waals surface area contributed by atoms with Crippen molar-refractivity contribution in [1.82, 2.24) is 9.66 Å². The van der Waals surface area contributed by atoms with E-state index < -0.39 is 6.36 Å². The average Bonchev–Trinajstić information content (AvgIpc) is 2.65. The number of hydrogen-bond acceptors (Lipinski definition) is 4. The molecule has 0 unspecified atom stereocenters. The van der Waals surface area contributed by atoms with Gasteiger partial charge in [0.05, 0.1) is 0 Å². The van der Waals surface area contributed by atoms with Crippen molar-refractivity contribution < 1.29 is 17.9 Å². The molecule has 20 heavy (non-hydrogen) atoms. The lowest BCUT2D eigenvalue weighted by Crippen LogP contribution is -2.16. The number of hydrogen-bond donors (Lipinski definition) is 2. The van der Waals surface area contributed by atoms with Crippen molar-refractivity contribution in [3.8, 4) is 17.0 Å². The molecule has 2 aromatic rings. The van der Waals surface area contributed by atoms with Crippen LogP contribution in [0.15, 0.2) is 24.3 Å². The van der Waals surface area contributed by atoms with Crippen LogP contribution in [0.4, 0.5) is 19.0 Å². The van der Waals surface area contributed by atoms with Gasteiger partial charge in [-0.1, -0.05) is 6.92 Å². The predicted molar refractivity (Wildman–Crippen MR) is 68.3 cm³/mol. The van der Waals surface area contributed by atoms with Gasteiger partial charge in [-0.3, -0.25) is 0 Å². The molecule has 0 radical (unpaired) electrons. The van der Waals surface area contributed by atoms with Crippen LogP contribution < -0.4 is 16.3 Å². The van der Waals surface area contributed by atoms with Gasteiger partial charge in [-0.25, -0.2) is 9.66 Å². The minimum absolute atomic E-state index is 0.256. The van der Waals surface area contributed by atoms with Gasteiger partial charge in [-0.05, 0) is 24.3 Å². The first kappa shape index (κ1) is 14.0. The summed E-state index contributed by atoms with van der Waals surface area (Å²) in [7, 11) is 0. The van der Waals surface area contributed by atoms with E-state index in [0.717, 1.165) is 0 Å². The smallest absolute Gasteiger partial charge is 0.406 e. The normalized spacial score (nSPS) is 11.6. The molecule has 0 fully saturated rings. The quantitative estimate of drug-likeness (QED) is 0.849. The van der Waals surface area contributed by atoms with Gasteiger partial charge in [0.15, 0.2) is 5.82 Å². The van der Waals surface area contributed by atoms with E-state index in [1.54, 1.807) is 0 Å². The highest BCUT2D eigenvalue weighted by Crippen LogP contribution is 2.29. The van der Waals surface area contributed by atoms with E-state index in [0.29, 0.717) is 23.5 Å². The predicted octanol–water partition coefficient (Wildman–Crippen LogP) is 2.31. The summed E-state index contributed by atoms with van der Waals surface area (Å²) in [5, 5.41) is 0. The molecular formula is C12H13F3N4O. The van der Waals surface area contributed by atoms with Crippen LogP contribution in [0.5, 0.6) is 5.75 Å². The van der Waals surface area contributed by atoms with E-state index in [2.05, 4.69) is 9.72 Å². The topological polar surface area (TPSA) is 79.1 Å². The largest absolute Gasteiger partial charge is 0.573 e. The molecule has 8 heteroatoms. The first-order valence-electron chi connectivity index (χ1n) is 5.80. The van der Waals surface area contributed by atoms with Gasteiger partial charge in [0.1, 0.15) is 17.3 Å². The highest BCUT2D eigenvalue weighted by molar-refractivity contribution is 5.71. The number of nitrogens with two attached hydrogens (primary N) is 2. The van der Waals surface area contributed by atoms with Crippen molar-refractivity contribution in [2.75, 3.05) is 11.6 Å². The van der Waals surface area contributed by atoms with Crippen LogP contribution in [-0.2, 0) is 6.42 Å². The van der Waals surface area contributed by atoms with Crippen LogP contribution in [0.1, 0.15) is 12.7 Å². The second-order valence-electron chi connectivity index (χ2n) is 4.06. The summed E-state index contributed by atoms with van der Waals surface area (Å²) < 4.78 is 41.2. The van der Waals surface area contributed by atoms with Crippen molar-refractivity contribution >= 4 is 5.82 Å². The van der Waals surface area contributed by atoms with Crippen LogP contribution in [0.2, 0.25) is 0 Å². The van der Waals surface area contributed by atoms with E-state index in [1.807, 2.05) is 6.92 Å². The van der Waals surface area contributed by atoms with Gasteiger partial charge in [0, 0.05) is 12.0 Å². The summed E-state index contributed by atoms with van der Waals surface area (Å²) in [6.07, 6.45) is -4.12. The Bertz CT molecular complexity index is 604. The Hall–Kier alpha value is -2.38. The van der Waals surface area contributed by atoms with Crippen molar-refractivity contribution in [3.05, 3.63) is 30.1 Å². The molecular weight excluding hydrogens is 273 g/mol. The summed E-state index contributed by atoms with van der Waals surface area (Å²) >= 11 is 0. The number of rotatable bonds is 3. The summed E-state index contributed by atoms with van der Waals surface area (Å²) in [6.45, 7) is 1.87. The molecule has 1 aromatic heterocycles. The molecule has 0 atom stereocenters. The van der Waals surface area contributed by atoms with Crippen LogP contribution in [0, 0.1) is 0 Å².